The quantitative estimate of drug-likeness (QED) is 0.154. The van der Waals surface area contributed by atoms with Crippen molar-refractivity contribution < 1.29 is 0 Å². The Morgan fingerprint density at radius 1 is 0.280 bits per heavy atom. The van der Waals surface area contributed by atoms with Gasteiger partial charge in [0.15, 0.2) is 0 Å². The molecule has 0 fully saturated rings. The van der Waals surface area contributed by atoms with Gasteiger partial charge in [-0.15, -0.1) is 20.4 Å². The molecular weight excluding hydrogens is 613 g/mol. The monoisotopic (exact) mass is 642 g/mol. The molecule has 6 nitrogen and oxygen atoms in total. The predicted octanol–water partition coefficient (Wildman–Crippen LogP) is 9.73. The lowest BCUT2D eigenvalue weighted by atomic mass is 9.84. The highest BCUT2D eigenvalue weighted by molar-refractivity contribution is 6.09. The van der Waals surface area contributed by atoms with Crippen molar-refractivity contribution in [2.24, 2.45) is 0 Å². The van der Waals surface area contributed by atoms with Crippen LogP contribution in [0.15, 0.2) is 182 Å². The number of nitrogens with zero attached hydrogens (tertiary/aromatic N) is 6. The smallest absolute Gasteiger partial charge is 0.106 e. The molecule has 0 amide bonds. The van der Waals surface area contributed by atoms with E-state index < -0.39 is 0 Å². The van der Waals surface area contributed by atoms with Crippen LogP contribution in [0.3, 0.4) is 0 Å². The Balaban J connectivity index is 1.57. The highest BCUT2D eigenvalue weighted by atomic mass is 15.3. The lowest BCUT2D eigenvalue weighted by Gasteiger charge is -2.21. The summed E-state index contributed by atoms with van der Waals surface area (Å²) in [7, 11) is 0. The molecule has 0 aliphatic rings. The third-order valence-electron chi connectivity index (χ3n) is 8.59. The van der Waals surface area contributed by atoms with Gasteiger partial charge in [0, 0.05) is 33.4 Å². The van der Waals surface area contributed by atoms with Crippen LogP contribution in [-0.4, -0.2) is 30.8 Å². The van der Waals surface area contributed by atoms with Crippen molar-refractivity contribution in [1.82, 2.24) is 30.8 Å². The maximum absolute atomic E-state index is 4.89. The summed E-state index contributed by atoms with van der Waals surface area (Å²) in [6.07, 6.45) is 0. The fourth-order valence-electron chi connectivity index (χ4n) is 6.36. The number of rotatable bonds is 8. The average Bonchev–Trinajstić information content (AvgIpc) is 3.21. The molecule has 0 aliphatic heterocycles. The summed E-state index contributed by atoms with van der Waals surface area (Å²) in [5.41, 5.74) is 12.0. The van der Waals surface area contributed by atoms with Gasteiger partial charge in [-0.05, 0) is 32.7 Å². The van der Waals surface area contributed by atoms with E-state index in [9.17, 15) is 0 Å². The van der Waals surface area contributed by atoms with E-state index in [0.717, 1.165) is 67.0 Å². The van der Waals surface area contributed by atoms with Crippen LogP contribution in [0.5, 0.6) is 0 Å². The van der Waals surface area contributed by atoms with Crippen LogP contribution in [0.25, 0.3) is 55.9 Å². The van der Waals surface area contributed by atoms with Crippen LogP contribution in [-0.2, 0) is 0 Å². The normalized spacial score (nSPS) is 11.5. The molecule has 0 unspecified atom stereocenters. The number of hydrogen-bond acceptors (Lipinski definition) is 6. The average molecular weight is 643 g/mol. The highest BCUT2D eigenvalue weighted by Crippen LogP contribution is 2.45. The van der Waals surface area contributed by atoms with E-state index in [4.69, 9.17) is 10.2 Å². The topological polar surface area (TPSA) is 77.3 Å². The minimum atomic E-state index is 0.675. The first-order valence-electron chi connectivity index (χ1n) is 16.4. The van der Waals surface area contributed by atoms with E-state index in [0.29, 0.717) is 11.4 Å². The van der Waals surface area contributed by atoms with Crippen LogP contribution in [0.1, 0.15) is 22.5 Å². The molecule has 0 radical (unpaired) electrons. The Kier molecular flexibility index (Phi) is 8.55. The van der Waals surface area contributed by atoms with E-state index in [2.05, 4.69) is 93.4 Å². The molecule has 0 spiro atoms. The Morgan fingerprint density at radius 2 is 0.560 bits per heavy atom. The molecule has 0 saturated carbocycles. The van der Waals surface area contributed by atoms with Gasteiger partial charge in [-0.3, -0.25) is 0 Å². The van der Waals surface area contributed by atoms with Gasteiger partial charge < -0.3 is 0 Å². The van der Waals surface area contributed by atoms with Crippen molar-refractivity contribution in [1.29, 1.82) is 0 Å². The van der Waals surface area contributed by atoms with Crippen molar-refractivity contribution in [3.8, 4) is 44.8 Å². The molecule has 6 aromatic carbocycles. The summed E-state index contributed by atoms with van der Waals surface area (Å²) in [5, 5.41) is 28.0. The summed E-state index contributed by atoms with van der Waals surface area (Å²) in [6, 6.07) is 61.4. The zero-order valence-corrected chi connectivity index (χ0v) is 27.0. The predicted molar refractivity (Wildman–Crippen MR) is 199 cm³/mol. The largest absolute Gasteiger partial charge is 0.129 e. The first-order valence-corrected chi connectivity index (χ1v) is 16.4. The summed E-state index contributed by atoms with van der Waals surface area (Å²) in [5.74, 6) is 0. The lowest BCUT2D eigenvalue weighted by Crippen LogP contribution is -2.09. The van der Waals surface area contributed by atoms with Gasteiger partial charge in [-0.1, -0.05) is 182 Å². The van der Waals surface area contributed by atoms with Gasteiger partial charge in [-0.25, -0.2) is 0 Å². The molecule has 0 aliphatic carbocycles. The fourth-order valence-corrected chi connectivity index (χ4v) is 6.36. The molecule has 0 saturated heterocycles. The highest BCUT2D eigenvalue weighted by Gasteiger charge is 2.28. The number of aromatic nitrogens is 6. The molecule has 8 aromatic rings. The van der Waals surface area contributed by atoms with E-state index >= 15 is 0 Å². The molecule has 0 atom stereocenters. The molecule has 0 N–H and O–H groups in total. The minimum absolute atomic E-state index is 0.675. The second-order valence-electron chi connectivity index (χ2n) is 11.7. The van der Waals surface area contributed by atoms with E-state index in [1.807, 2.05) is 109 Å². The fraction of sp³-hybridized carbons (Fsp3) is 0. The molecule has 2 aromatic heterocycles. The lowest BCUT2D eigenvalue weighted by molar-refractivity contribution is 0.858. The van der Waals surface area contributed by atoms with E-state index in [1.54, 1.807) is 0 Å². The standard InChI is InChI=1S/C44H30N6/c1-7-19-31(20-8-1)37(43-39(33-23-11-3-12-24-33)41(45-49-47-43)35-27-15-5-16-28-35)38(32-21-9-2-10-22-32)44-40(34-25-13-4-14-26-34)42(46-50-48-44)36-29-17-6-18-30-36/h1-30H. The van der Waals surface area contributed by atoms with Crippen LogP contribution in [0.4, 0.5) is 0 Å². The first kappa shape index (κ1) is 30.4. The first-order chi connectivity index (χ1) is 24.9. The number of benzene rings is 6. The van der Waals surface area contributed by atoms with E-state index in [1.165, 1.54) is 0 Å². The van der Waals surface area contributed by atoms with Crippen LogP contribution >= 0.6 is 0 Å². The van der Waals surface area contributed by atoms with Gasteiger partial charge >= 0.3 is 0 Å². The second kappa shape index (κ2) is 14.1. The van der Waals surface area contributed by atoms with Gasteiger partial charge in [0.2, 0.25) is 0 Å². The van der Waals surface area contributed by atoms with Gasteiger partial charge in [0.1, 0.15) is 22.8 Å². The van der Waals surface area contributed by atoms with Crippen molar-refractivity contribution in [3.05, 3.63) is 205 Å². The summed E-state index contributed by atoms with van der Waals surface area (Å²) < 4.78 is 0. The van der Waals surface area contributed by atoms with Crippen molar-refractivity contribution in [3.63, 3.8) is 0 Å². The van der Waals surface area contributed by atoms with Gasteiger partial charge in [0.05, 0.1) is 0 Å². The zero-order chi connectivity index (χ0) is 33.5. The minimum Gasteiger partial charge on any atom is -0.129 e. The van der Waals surface area contributed by atoms with Crippen LogP contribution in [0.2, 0.25) is 0 Å². The molecule has 8 rings (SSSR count). The van der Waals surface area contributed by atoms with Crippen molar-refractivity contribution in [2.45, 2.75) is 0 Å². The maximum atomic E-state index is 4.89. The molecular formula is C44H30N6. The third-order valence-corrected chi connectivity index (χ3v) is 8.59. The second-order valence-corrected chi connectivity index (χ2v) is 11.7. The molecule has 6 heteroatoms. The number of hydrogen-bond donors (Lipinski definition) is 0. The van der Waals surface area contributed by atoms with Crippen LogP contribution in [0, 0.1) is 0 Å². The summed E-state index contributed by atoms with van der Waals surface area (Å²) >= 11 is 0. The van der Waals surface area contributed by atoms with Gasteiger partial charge in [-0.2, -0.15) is 0 Å². The Labute approximate surface area is 290 Å². The molecule has 50 heavy (non-hydrogen) atoms. The molecule has 2 heterocycles. The Hall–Kier alpha value is -6.92. The maximum Gasteiger partial charge on any atom is 0.106 e. The third kappa shape index (κ3) is 5.98. The summed E-state index contributed by atoms with van der Waals surface area (Å²) in [6.45, 7) is 0. The SMILES string of the molecule is c1ccc(C(=C(c2ccccc2)c2nnnc(-c3ccccc3)c2-c2ccccc2)c2nnnc(-c3ccccc3)c2-c2ccccc2)cc1. The summed E-state index contributed by atoms with van der Waals surface area (Å²) in [4.78, 5) is 0. The van der Waals surface area contributed by atoms with E-state index in [-0.39, 0.29) is 0 Å². The zero-order valence-electron chi connectivity index (χ0n) is 27.0. The van der Waals surface area contributed by atoms with Crippen molar-refractivity contribution >= 4 is 11.1 Å². The van der Waals surface area contributed by atoms with Crippen LogP contribution < -0.4 is 0 Å². The molecule has 0 bridgehead atoms. The Bertz CT molecular complexity index is 2210. The van der Waals surface area contributed by atoms with Crippen molar-refractivity contribution in [2.75, 3.05) is 0 Å². The van der Waals surface area contributed by atoms with Gasteiger partial charge in [0.25, 0.3) is 0 Å². The Morgan fingerprint density at radius 3 is 0.880 bits per heavy atom. The molecule has 236 valence electrons.